The first kappa shape index (κ1) is 12.5. The summed E-state index contributed by atoms with van der Waals surface area (Å²) in [6.07, 6.45) is -0.658. The molecule has 0 radical (unpaired) electrons. The molecule has 0 aliphatic carbocycles. The number of carbonyl (C=O) groups is 1. The van der Waals surface area contributed by atoms with Crippen molar-refractivity contribution in [1.82, 2.24) is 0 Å². The van der Waals surface area contributed by atoms with Crippen LogP contribution in [0.3, 0.4) is 0 Å². The molecule has 0 amide bonds. The first-order valence-corrected chi connectivity index (χ1v) is 5.05. The summed E-state index contributed by atoms with van der Waals surface area (Å²) in [4.78, 5) is 11.0. The molecular weight excluding hydrogens is 236 g/mol. The molecule has 0 saturated carbocycles. The van der Waals surface area contributed by atoms with Crippen LogP contribution in [0.15, 0.2) is 12.2 Å². The Kier molecular flexibility index (Phi) is 5.06. The second-order valence-corrected chi connectivity index (χ2v) is 4.20. The maximum atomic E-state index is 11.0. The van der Waals surface area contributed by atoms with Crippen molar-refractivity contribution in [3.8, 4) is 0 Å². The molecule has 0 unspecified atom stereocenters. The molecule has 0 N–H and O–H groups in total. The van der Waals surface area contributed by atoms with Crippen molar-refractivity contribution in [3.63, 3.8) is 0 Å². The van der Waals surface area contributed by atoms with Crippen LogP contribution in [0.4, 0.5) is 4.79 Å². The summed E-state index contributed by atoms with van der Waals surface area (Å²) in [6, 6.07) is 0. The van der Waals surface area contributed by atoms with Gasteiger partial charge in [0, 0.05) is 5.33 Å². The van der Waals surface area contributed by atoms with Gasteiger partial charge in [-0.15, -0.1) is 0 Å². The predicted octanol–water partition coefficient (Wildman–Crippen LogP) is 2.89. The van der Waals surface area contributed by atoms with Gasteiger partial charge in [-0.1, -0.05) is 22.5 Å². The van der Waals surface area contributed by atoms with E-state index in [0.29, 0.717) is 5.33 Å². The van der Waals surface area contributed by atoms with Crippen molar-refractivity contribution in [1.29, 1.82) is 0 Å². The van der Waals surface area contributed by atoms with Crippen molar-refractivity contribution in [3.05, 3.63) is 12.2 Å². The van der Waals surface area contributed by atoms with Crippen LogP contribution in [0.2, 0.25) is 0 Å². The van der Waals surface area contributed by atoms with Gasteiger partial charge in [0.1, 0.15) is 12.2 Å². The average molecular weight is 251 g/mol. The molecule has 0 aromatic heterocycles. The quantitative estimate of drug-likeness (QED) is 0.439. The van der Waals surface area contributed by atoms with Crippen LogP contribution in [-0.2, 0) is 9.47 Å². The summed E-state index contributed by atoms with van der Waals surface area (Å²) >= 11 is 3.19. The molecule has 0 spiro atoms. The van der Waals surface area contributed by atoms with E-state index in [2.05, 4.69) is 22.5 Å². The lowest BCUT2D eigenvalue weighted by Crippen LogP contribution is -2.24. The zero-order valence-corrected chi connectivity index (χ0v) is 9.81. The van der Waals surface area contributed by atoms with Crippen molar-refractivity contribution >= 4 is 22.1 Å². The summed E-state index contributed by atoms with van der Waals surface area (Å²) in [7, 11) is 0. The highest BCUT2D eigenvalue weighted by molar-refractivity contribution is 9.09. The lowest BCUT2D eigenvalue weighted by molar-refractivity contribution is -0.00331. The highest BCUT2D eigenvalue weighted by Crippen LogP contribution is 2.08. The zero-order chi connectivity index (χ0) is 10.5. The van der Waals surface area contributed by atoms with Crippen LogP contribution in [0.25, 0.3) is 0 Å². The molecule has 3 nitrogen and oxygen atoms in total. The molecule has 0 aliphatic rings. The summed E-state index contributed by atoms with van der Waals surface area (Å²) in [5, 5.41) is 0.621. The second kappa shape index (κ2) is 5.27. The fourth-order valence-corrected chi connectivity index (χ4v) is 0.641. The fraction of sp³-hybridized carbons (Fsp3) is 0.667. The maximum Gasteiger partial charge on any atom is 0.509 e. The number of carbonyl (C=O) groups excluding carboxylic acids is 1. The van der Waals surface area contributed by atoms with E-state index >= 15 is 0 Å². The van der Waals surface area contributed by atoms with Crippen molar-refractivity contribution in [2.24, 2.45) is 0 Å². The molecule has 0 fully saturated rings. The lowest BCUT2D eigenvalue weighted by Gasteiger charge is -2.18. The van der Waals surface area contributed by atoms with Gasteiger partial charge in [0.2, 0.25) is 0 Å². The maximum absolute atomic E-state index is 11.0. The Labute approximate surface area is 87.2 Å². The van der Waals surface area contributed by atoms with E-state index in [1.165, 1.54) is 0 Å². The summed E-state index contributed by atoms with van der Waals surface area (Å²) in [5.74, 6) is 0. The van der Waals surface area contributed by atoms with Crippen LogP contribution in [0.5, 0.6) is 0 Å². The monoisotopic (exact) mass is 250 g/mol. The van der Waals surface area contributed by atoms with E-state index in [4.69, 9.17) is 9.47 Å². The van der Waals surface area contributed by atoms with E-state index in [1.54, 1.807) is 20.8 Å². The third-order valence-corrected chi connectivity index (χ3v) is 1.77. The number of ether oxygens (including phenoxy) is 2. The summed E-state index contributed by atoms with van der Waals surface area (Å²) in [5.41, 5.74) is 0.290. The molecule has 13 heavy (non-hydrogen) atoms. The molecule has 4 heteroatoms. The topological polar surface area (TPSA) is 35.5 Å². The highest BCUT2D eigenvalue weighted by atomic mass is 79.9. The molecule has 0 aliphatic heterocycles. The first-order valence-electron chi connectivity index (χ1n) is 3.93. The van der Waals surface area contributed by atoms with Gasteiger partial charge >= 0.3 is 6.16 Å². The largest absolute Gasteiger partial charge is 0.509 e. The Balaban J connectivity index is 3.71. The van der Waals surface area contributed by atoms with E-state index in [9.17, 15) is 4.79 Å². The molecule has 0 heterocycles. The Morgan fingerprint density at radius 3 is 2.38 bits per heavy atom. The number of hydrogen-bond acceptors (Lipinski definition) is 3. The minimum absolute atomic E-state index is 0.195. The molecule has 0 aromatic carbocycles. The van der Waals surface area contributed by atoms with Gasteiger partial charge in [-0.2, -0.15) is 0 Å². The van der Waals surface area contributed by atoms with Gasteiger partial charge < -0.3 is 9.47 Å². The third kappa shape index (κ3) is 7.84. The van der Waals surface area contributed by atoms with E-state index in [-0.39, 0.29) is 6.61 Å². The SMILES string of the molecule is C=C(CBr)COC(=O)OC(C)(C)C. The lowest BCUT2D eigenvalue weighted by atomic mass is 10.2. The Morgan fingerprint density at radius 2 is 2.00 bits per heavy atom. The van der Waals surface area contributed by atoms with Gasteiger partial charge in [0.15, 0.2) is 0 Å². The molecule has 76 valence electrons. The fourth-order valence-electron chi connectivity index (χ4n) is 0.479. The minimum Gasteiger partial charge on any atom is -0.430 e. The van der Waals surface area contributed by atoms with E-state index in [0.717, 1.165) is 5.57 Å². The molecule has 0 atom stereocenters. The highest BCUT2D eigenvalue weighted by Gasteiger charge is 2.17. The number of halogens is 1. The van der Waals surface area contributed by atoms with Gasteiger partial charge in [0.05, 0.1) is 0 Å². The normalized spacial score (nSPS) is 10.8. The Morgan fingerprint density at radius 1 is 1.46 bits per heavy atom. The van der Waals surface area contributed by atoms with Gasteiger partial charge in [-0.25, -0.2) is 4.79 Å². The Hall–Kier alpha value is -0.510. The summed E-state index contributed by atoms with van der Waals surface area (Å²) < 4.78 is 9.70. The second-order valence-electron chi connectivity index (χ2n) is 3.64. The van der Waals surface area contributed by atoms with E-state index < -0.39 is 11.8 Å². The van der Waals surface area contributed by atoms with Gasteiger partial charge in [-0.05, 0) is 26.3 Å². The molecule has 0 rings (SSSR count). The minimum atomic E-state index is -0.658. The van der Waals surface area contributed by atoms with Crippen LogP contribution >= 0.6 is 15.9 Å². The van der Waals surface area contributed by atoms with Gasteiger partial charge in [0.25, 0.3) is 0 Å². The predicted molar refractivity (Wildman–Crippen MR) is 55.1 cm³/mol. The Bertz CT molecular complexity index is 194. The standard InChI is InChI=1S/C9H15BrO3/c1-7(5-10)6-12-8(11)13-9(2,3)4/h1,5-6H2,2-4H3. The van der Waals surface area contributed by atoms with Crippen molar-refractivity contribution < 1.29 is 14.3 Å². The van der Waals surface area contributed by atoms with E-state index in [1.807, 2.05) is 0 Å². The molecular formula is C9H15BrO3. The smallest absolute Gasteiger partial charge is 0.430 e. The molecule has 0 aromatic rings. The van der Waals surface area contributed by atoms with Gasteiger partial charge in [-0.3, -0.25) is 0 Å². The molecule has 0 bridgehead atoms. The van der Waals surface area contributed by atoms with Crippen LogP contribution in [0.1, 0.15) is 20.8 Å². The third-order valence-electron chi connectivity index (χ3n) is 0.973. The number of rotatable bonds is 3. The first-order chi connectivity index (χ1) is 5.85. The van der Waals surface area contributed by atoms with Crippen molar-refractivity contribution in [2.45, 2.75) is 26.4 Å². The van der Waals surface area contributed by atoms with Crippen LogP contribution in [0, 0.1) is 0 Å². The zero-order valence-electron chi connectivity index (χ0n) is 8.22. The number of alkyl halides is 1. The molecule has 0 saturated heterocycles. The van der Waals surface area contributed by atoms with Crippen LogP contribution < -0.4 is 0 Å². The summed E-state index contributed by atoms with van der Waals surface area (Å²) in [6.45, 7) is 9.21. The average Bonchev–Trinajstić information content (AvgIpc) is 1.97. The van der Waals surface area contributed by atoms with Crippen molar-refractivity contribution in [2.75, 3.05) is 11.9 Å². The van der Waals surface area contributed by atoms with Crippen LogP contribution in [-0.4, -0.2) is 23.7 Å². The number of hydrogen-bond donors (Lipinski definition) is 0.